The largest absolute Gasteiger partial charge is 0.497 e. The summed E-state index contributed by atoms with van der Waals surface area (Å²) in [5.74, 6) is 0.251. The molecule has 0 fully saturated rings. The van der Waals surface area contributed by atoms with Crippen molar-refractivity contribution in [3.8, 4) is 5.75 Å². The Morgan fingerprint density at radius 3 is 2.26 bits per heavy atom. The van der Waals surface area contributed by atoms with Crippen molar-refractivity contribution >= 4 is 21.6 Å². The molecule has 1 N–H and O–H groups in total. The Morgan fingerprint density at radius 1 is 1.00 bits per heavy atom. The molecule has 7 nitrogen and oxygen atoms in total. The van der Waals surface area contributed by atoms with Gasteiger partial charge in [-0.1, -0.05) is 36.4 Å². The number of benzene rings is 3. The molecule has 178 valence electrons. The number of ether oxygens (including phenoxy) is 1. The zero-order valence-electron chi connectivity index (χ0n) is 19.6. The number of anilines is 1. The summed E-state index contributed by atoms with van der Waals surface area (Å²) >= 11 is 0. The van der Waals surface area contributed by atoms with Crippen molar-refractivity contribution in [3.05, 3.63) is 89.5 Å². The molecule has 0 aliphatic carbocycles. The molecule has 0 unspecified atom stereocenters. The number of nitrogens with one attached hydrogen (secondary N) is 1. The molecule has 1 heterocycles. The van der Waals surface area contributed by atoms with E-state index < -0.39 is 16.1 Å². The van der Waals surface area contributed by atoms with E-state index in [9.17, 15) is 13.2 Å². The van der Waals surface area contributed by atoms with E-state index in [0.717, 1.165) is 22.4 Å². The van der Waals surface area contributed by atoms with Crippen LogP contribution < -0.4 is 15.0 Å². The molecular weight excluding hydrogens is 450 g/mol. The van der Waals surface area contributed by atoms with E-state index in [1.54, 1.807) is 12.1 Å². The molecule has 1 aliphatic heterocycles. The summed E-state index contributed by atoms with van der Waals surface area (Å²) in [6.45, 7) is 0.460. The second-order valence-electron chi connectivity index (χ2n) is 8.49. The maximum absolute atomic E-state index is 13.6. The normalized spacial score (nSPS) is 15.9. The fourth-order valence-electron chi connectivity index (χ4n) is 4.08. The third-order valence-electron chi connectivity index (χ3n) is 6.09. The highest BCUT2D eigenvalue weighted by molar-refractivity contribution is 7.89. The van der Waals surface area contributed by atoms with Gasteiger partial charge in [0.15, 0.2) is 0 Å². The number of rotatable bonds is 7. The van der Waals surface area contributed by atoms with Crippen LogP contribution in [0.1, 0.15) is 16.7 Å². The van der Waals surface area contributed by atoms with Crippen LogP contribution in [0.25, 0.3) is 0 Å². The summed E-state index contributed by atoms with van der Waals surface area (Å²) in [5, 5.41) is 2.94. The summed E-state index contributed by atoms with van der Waals surface area (Å²) < 4.78 is 33.6. The highest BCUT2D eigenvalue weighted by Gasteiger charge is 2.39. The molecule has 3 aromatic carbocycles. The van der Waals surface area contributed by atoms with Gasteiger partial charge < -0.3 is 15.0 Å². The van der Waals surface area contributed by atoms with E-state index in [4.69, 9.17) is 4.74 Å². The minimum atomic E-state index is -3.91. The van der Waals surface area contributed by atoms with E-state index >= 15 is 0 Å². The molecule has 34 heavy (non-hydrogen) atoms. The van der Waals surface area contributed by atoms with Gasteiger partial charge >= 0.3 is 0 Å². The first-order valence-electron chi connectivity index (χ1n) is 11.1. The Hall–Kier alpha value is -3.36. The summed E-state index contributed by atoms with van der Waals surface area (Å²) in [6.07, 6.45) is 0.316. The molecule has 1 amide bonds. The number of carbonyl (C=O) groups excluding carboxylic acids is 1. The summed E-state index contributed by atoms with van der Waals surface area (Å²) in [5.41, 5.74) is 3.90. The van der Waals surface area contributed by atoms with Crippen molar-refractivity contribution in [2.45, 2.75) is 30.4 Å². The van der Waals surface area contributed by atoms with Gasteiger partial charge in [0.1, 0.15) is 11.8 Å². The van der Waals surface area contributed by atoms with Crippen molar-refractivity contribution in [3.63, 3.8) is 0 Å². The molecule has 3 aromatic rings. The fourth-order valence-corrected chi connectivity index (χ4v) is 5.64. The molecule has 0 saturated heterocycles. The second-order valence-corrected chi connectivity index (χ2v) is 10.4. The number of fused-ring (bicyclic) bond motifs is 1. The third kappa shape index (κ3) is 4.93. The SMILES string of the molecule is COc1ccc(S(=O)(=O)N2Cc3ccccc3C[C@H]2C(=O)NCc2ccc(N(C)C)cc2)cc1. The zero-order valence-corrected chi connectivity index (χ0v) is 20.4. The van der Waals surface area contributed by atoms with Crippen LogP contribution in [0, 0.1) is 0 Å². The van der Waals surface area contributed by atoms with Crippen LogP contribution in [0.5, 0.6) is 5.75 Å². The van der Waals surface area contributed by atoms with Crippen molar-refractivity contribution in [1.29, 1.82) is 0 Å². The third-order valence-corrected chi connectivity index (χ3v) is 7.96. The van der Waals surface area contributed by atoms with Gasteiger partial charge in [-0.2, -0.15) is 4.31 Å². The lowest BCUT2D eigenvalue weighted by molar-refractivity contribution is -0.125. The van der Waals surface area contributed by atoms with Gasteiger partial charge in [0.25, 0.3) is 0 Å². The van der Waals surface area contributed by atoms with Gasteiger partial charge in [0.2, 0.25) is 15.9 Å². The first kappa shape index (κ1) is 23.8. The molecule has 1 atom stereocenters. The van der Waals surface area contributed by atoms with Gasteiger partial charge in [-0.05, 0) is 59.5 Å². The Morgan fingerprint density at radius 2 is 1.65 bits per heavy atom. The number of sulfonamides is 1. The molecular formula is C26H29N3O4S. The number of carbonyl (C=O) groups is 1. The highest BCUT2D eigenvalue weighted by Crippen LogP contribution is 2.30. The number of hydrogen-bond donors (Lipinski definition) is 1. The molecule has 0 aromatic heterocycles. The summed E-state index contributed by atoms with van der Waals surface area (Å²) in [4.78, 5) is 15.4. The predicted molar refractivity (Wildman–Crippen MR) is 132 cm³/mol. The Bertz CT molecular complexity index is 1260. The fraction of sp³-hybridized carbons (Fsp3) is 0.269. The van der Waals surface area contributed by atoms with Crippen molar-refractivity contribution in [2.75, 3.05) is 26.1 Å². The van der Waals surface area contributed by atoms with Gasteiger partial charge in [-0.25, -0.2) is 8.42 Å². The minimum absolute atomic E-state index is 0.129. The first-order valence-corrected chi connectivity index (χ1v) is 12.5. The Kier molecular flexibility index (Phi) is 6.90. The lowest BCUT2D eigenvalue weighted by Gasteiger charge is -2.35. The van der Waals surface area contributed by atoms with E-state index in [-0.39, 0.29) is 17.3 Å². The molecule has 0 bridgehead atoms. The van der Waals surface area contributed by atoms with Gasteiger partial charge in [-0.3, -0.25) is 4.79 Å². The van der Waals surface area contributed by atoms with Crippen LogP contribution in [0.2, 0.25) is 0 Å². The maximum atomic E-state index is 13.6. The zero-order chi connectivity index (χ0) is 24.3. The monoisotopic (exact) mass is 479 g/mol. The number of methoxy groups -OCH3 is 1. The number of amides is 1. The average Bonchev–Trinajstić information content (AvgIpc) is 2.86. The summed E-state index contributed by atoms with van der Waals surface area (Å²) in [7, 11) is 1.55. The summed E-state index contributed by atoms with van der Waals surface area (Å²) in [6, 6.07) is 20.9. The van der Waals surface area contributed by atoms with Crippen LogP contribution in [0.4, 0.5) is 5.69 Å². The smallest absolute Gasteiger partial charge is 0.244 e. The number of nitrogens with zero attached hydrogens (tertiary/aromatic N) is 2. The second kappa shape index (κ2) is 9.87. The molecule has 0 radical (unpaired) electrons. The lowest BCUT2D eigenvalue weighted by atomic mass is 9.95. The van der Waals surface area contributed by atoms with E-state index in [0.29, 0.717) is 18.7 Å². The van der Waals surface area contributed by atoms with Crippen molar-refractivity contribution in [2.24, 2.45) is 0 Å². The van der Waals surface area contributed by atoms with Crippen molar-refractivity contribution in [1.82, 2.24) is 9.62 Å². The standard InChI is InChI=1S/C26H29N3O4S/c1-28(2)22-10-8-19(9-11-22)17-27-26(30)25-16-20-6-4-5-7-21(20)18-29(25)34(31,32)24-14-12-23(33-3)13-15-24/h4-15,25H,16-18H2,1-3H3,(H,27,30)/t25-/m0/s1. The van der Waals surface area contributed by atoms with Crippen LogP contribution in [0.15, 0.2) is 77.7 Å². The topological polar surface area (TPSA) is 79.0 Å². The molecule has 8 heteroatoms. The Labute approximate surface area is 201 Å². The maximum Gasteiger partial charge on any atom is 0.244 e. The average molecular weight is 480 g/mol. The first-order chi connectivity index (χ1) is 16.3. The molecule has 4 rings (SSSR count). The van der Waals surface area contributed by atoms with E-state index in [1.807, 2.05) is 67.5 Å². The highest BCUT2D eigenvalue weighted by atomic mass is 32.2. The van der Waals surface area contributed by atoms with E-state index in [2.05, 4.69) is 5.32 Å². The predicted octanol–water partition coefficient (Wildman–Crippen LogP) is 3.19. The molecule has 0 saturated carbocycles. The Balaban J connectivity index is 1.59. The van der Waals surface area contributed by atoms with Crippen LogP contribution in [0.3, 0.4) is 0 Å². The molecule has 0 spiro atoms. The quantitative estimate of drug-likeness (QED) is 0.563. The van der Waals surface area contributed by atoms with Crippen molar-refractivity contribution < 1.29 is 17.9 Å². The number of hydrogen-bond acceptors (Lipinski definition) is 5. The molecule has 1 aliphatic rings. The van der Waals surface area contributed by atoms with Gasteiger partial charge in [-0.15, -0.1) is 0 Å². The van der Waals surface area contributed by atoms with E-state index in [1.165, 1.54) is 23.5 Å². The van der Waals surface area contributed by atoms with Gasteiger partial charge in [0, 0.05) is 32.9 Å². The minimum Gasteiger partial charge on any atom is -0.497 e. The van der Waals surface area contributed by atoms with Crippen LogP contribution in [-0.2, 0) is 34.3 Å². The lowest BCUT2D eigenvalue weighted by Crippen LogP contribution is -2.52. The van der Waals surface area contributed by atoms with Crippen LogP contribution in [-0.4, -0.2) is 45.9 Å². The van der Waals surface area contributed by atoms with Crippen LogP contribution >= 0.6 is 0 Å². The van der Waals surface area contributed by atoms with Gasteiger partial charge in [0.05, 0.1) is 12.0 Å².